The second kappa shape index (κ2) is 15.1. The quantitative estimate of drug-likeness (QED) is 0.215. The summed E-state index contributed by atoms with van der Waals surface area (Å²) in [5.41, 5.74) is 6.80. The van der Waals surface area contributed by atoms with E-state index in [1.54, 1.807) is 6.20 Å². The predicted molar refractivity (Wildman–Crippen MR) is 148 cm³/mol. The third-order valence-electron chi connectivity index (χ3n) is 5.35. The van der Waals surface area contributed by atoms with Gasteiger partial charge in [-0.1, -0.05) is 24.3 Å². The van der Waals surface area contributed by atoms with Gasteiger partial charge in [-0.3, -0.25) is 9.35 Å². The zero-order valence-electron chi connectivity index (χ0n) is 22.2. The average molecular weight is 545 g/mol. The van der Waals surface area contributed by atoms with Crippen molar-refractivity contribution >= 4 is 21.9 Å². The Morgan fingerprint density at radius 2 is 1.71 bits per heavy atom. The normalized spacial score (nSPS) is 10.9. The monoisotopic (exact) mass is 544 g/mol. The summed E-state index contributed by atoms with van der Waals surface area (Å²) in [5.74, 6) is 0.829. The molecule has 206 valence electrons. The van der Waals surface area contributed by atoms with Crippen LogP contribution < -0.4 is 10.1 Å². The van der Waals surface area contributed by atoms with Gasteiger partial charge >= 0.3 is 5.97 Å². The summed E-state index contributed by atoms with van der Waals surface area (Å²) >= 11 is 0. The number of benzene rings is 2. The fourth-order valence-electron chi connectivity index (χ4n) is 3.78. The molecule has 0 radical (unpaired) electrons. The summed E-state index contributed by atoms with van der Waals surface area (Å²) in [6.07, 6.45) is 3.04. The topological polar surface area (TPSA) is 135 Å². The summed E-state index contributed by atoms with van der Waals surface area (Å²) in [6.45, 7) is 8.67. The van der Waals surface area contributed by atoms with Crippen molar-refractivity contribution in [3.63, 3.8) is 0 Å². The molecule has 38 heavy (non-hydrogen) atoms. The van der Waals surface area contributed by atoms with Crippen molar-refractivity contribution in [1.82, 2.24) is 4.98 Å². The first-order valence-electron chi connectivity index (χ1n) is 12.2. The van der Waals surface area contributed by atoms with Crippen LogP contribution in [0.25, 0.3) is 11.1 Å². The van der Waals surface area contributed by atoms with E-state index < -0.39 is 16.1 Å². The number of anilines is 1. The minimum Gasteiger partial charge on any atom is -0.491 e. The summed E-state index contributed by atoms with van der Waals surface area (Å²) in [6, 6.07) is 16.4. The SMILES string of the molecule is CCOCCOc1cc(C)c(-c2cccc(CNc3ccc(CCC(=O)O)cn3)c2)c(C)c1.CS(=O)(=O)O. The van der Waals surface area contributed by atoms with Crippen LogP contribution >= 0.6 is 0 Å². The Balaban J connectivity index is 0.000000926. The molecule has 3 N–H and O–H groups in total. The van der Waals surface area contributed by atoms with E-state index in [1.165, 1.54) is 22.3 Å². The van der Waals surface area contributed by atoms with Gasteiger partial charge in [0.05, 0.1) is 12.9 Å². The third kappa shape index (κ3) is 11.7. The number of aromatic nitrogens is 1. The molecular formula is C28H36N2O7S. The number of hydrogen-bond acceptors (Lipinski definition) is 7. The number of ether oxygens (including phenoxy) is 2. The molecule has 0 aliphatic heterocycles. The number of aryl methyl sites for hydroxylation is 3. The smallest absolute Gasteiger partial charge is 0.303 e. The fourth-order valence-corrected chi connectivity index (χ4v) is 3.78. The van der Waals surface area contributed by atoms with Crippen molar-refractivity contribution in [3.05, 3.63) is 77.0 Å². The Kier molecular flexibility index (Phi) is 12.2. The summed E-state index contributed by atoms with van der Waals surface area (Å²) in [7, 11) is -3.67. The van der Waals surface area contributed by atoms with E-state index in [2.05, 4.69) is 60.5 Å². The zero-order chi connectivity index (χ0) is 28.1. The van der Waals surface area contributed by atoms with E-state index in [9.17, 15) is 13.2 Å². The van der Waals surface area contributed by atoms with Crippen molar-refractivity contribution in [1.29, 1.82) is 0 Å². The standard InChI is InChI=1S/C27H32N2O4.CH4O3S/c1-4-32-12-13-33-24-14-19(2)27(20(3)15-24)23-7-5-6-22(16-23)18-29-25-10-8-21(17-28-25)9-11-26(30)31;1-5(2,3)4/h5-8,10,14-17H,4,9,11-13,18H2,1-3H3,(H,28,29)(H,30,31);1H3,(H,2,3,4). The van der Waals surface area contributed by atoms with Gasteiger partial charge in [0, 0.05) is 25.8 Å². The van der Waals surface area contributed by atoms with Gasteiger partial charge in [0.15, 0.2) is 0 Å². The molecule has 3 rings (SSSR count). The molecule has 0 aliphatic carbocycles. The molecule has 0 unspecified atom stereocenters. The first-order chi connectivity index (χ1) is 18.0. The summed E-state index contributed by atoms with van der Waals surface area (Å²) in [4.78, 5) is 15.1. The number of nitrogens with one attached hydrogen (secondary N) is 1. The van der Waals surface area contributed by atoms with Crippen LogP contribution in [0.4, 0.5) is 5.82 Å². The Bertz CT molecular complexity index is 1260. The van der Waals surface area contributed by atoms with Crippen LogP contribution in [0.3, 0.4) is 0 Å². The number of hydrogen-bond donors (Lipinski definition) is 3. The Hall–Kier alpha value is -3.47. The maximum Gasteiger partial charge on any atom is 0.303 e. The molecule has 0 atom stereocenters. The van der Waals surface area contributed by atoms with Gasteiger partial charge in [-0.05, 0) is 84.8 Å². The molecule has 0 saturated heterocycles. The first-order valence-corrected chi connectivity index (χ1v) is 14.0. The highest BCUT2D eigenvalue weighted by Crippen LogP contribution is 2.31. The highest BCUT2D eigenvalue weighted by molar-refractivity contribution is 7.85. The summed E-state index contributed by atoms with van der Waals surface area (Å²) in [5, 5.41) is 12.1. The van der Waals surface area contributed by atoms with Gasteiger partial charge in [0.1, 0.15) is 18.2 Å². The minimum atomic E-state index is -3.67. The maximum absolute atomic E-state index is 10.7. The molecule has 0 bridgehead atoms. The first kappa shape index (κ1) is 30.8. The molecule has 1 aromatic heterocycles. The van der Waals surface area contributed by atoms with Gasteiger partial charge in [-0.25, -0.2) is 4.98 Å². The lowest BCUT2D eigenvalue weighted by Crippen LogP contribution is -2.06. The maximum atomic E-state index is 10.7. The molecule has 0 spiro atoms. The van der Waals surface area contributed by atoms with Crippen molar-refractivity contribution in [2.45, 2.75) is 40.2 Å². The number of nitrogens with zero attached hydrogens (tertiary/aromatic N) is 1. The van der Waals surface area contributed by atoms with Crippen LogP contribution in [-0.4, -0.2) is 55.1 Å². The van der Waals surface area contributed by atoms with Gasteiger partial charge in [0.2, 0.25) is 0 Å². The Morgan fingerprint density at radius 3 is 2.29 bits per heavy atom. The van der Waals surface area contributed by atoms with Crippen molar-refractivity contribution in [2.75, 3.05) is 31.4 Å². The lowest BCUT2D eigenvalue weighted by atomic mass is 9.94. The molecule has 0 fully saturated rings. The molecule has 0 saturated carbocycles. The van der Waals surface area contributed by atoms with Gasteiger partial charge in [-0.2, -0.15) is 8.42 Å². The van der Waals surface area contributed by atoms with Crippen molar-refractivity contribution in [3.8, 4) is 16.9 Å². The van der Waals surface area contributed by atoms with Crippen molar-refractivity contribution in [2.24, 2.45) is 0 Å². The van der Waals surface area contributed by atoms with Gasteiger partial charge in [-0.15, -0.1) is 0 Å². The second-order valence-corrected chi connectivity index (χ2v) is 10.2. The van der Waals surface area contributed by atoms with Crippen LogP contribution in [-0.2, 0) is 32.6 Å². The Labute approximate surface area is 224 Å². The van der Waals surface area contributed by atoms with Crippen LogP contribution in [0.2, 0.25) is 0 Å². The highest BCUT2D eigenvalue weighted by Gasteiger charge is 2.10. The van der Waals surface area contributed by atoms with E-state index >= 15 is 0 Å². The molecule has 0 amide bonds. The number of aliphatic carboxylic acids is 1. The largest absolute Gasteiger partial charge is 0.491 e. The number of pyridine rings is 1. The van der Waals surface area contributed by atoms with E-state index in [1.807, 2.05) is 19.1 Å². The molecule has 9 nitrogen and oxygen atoms in total. The summed E-state index contributed by atoms with van der Waals surface area (Å²) < 4.78 is 37.0. The fraction of sp³-hybridized carbons (Fsp3) is 0.357. The molecule has 10 heteroatoms. The van der Waals surface area contributed by atoms with Crippen LogP contribution in [0, 0.1) is 13.8 Å². The average Bonchev–Trinajstić information content (AvgIpc) is 2.84. The van der Waals surface area contributed by atoms with E-state index in [-0.39, 0.29) is 6.42 Å². The van der Waals surface area contributed by atoms with Gasteiger partial charge in [0.25, 0.3) is 10.1 Å². The van der Waals surface area contributed by atoms with Crippen molar-refractivity contribution < 1.29 is 32.3 Å². The van der Waals surface area contributed by atoms with Crippen LogP contribution in [0.1, 0.15) is 35.6 Å². The number of rotatable bonds is 12. The van der Waals surface area contributed by atoms with E-state index in [0.717, 1.165) is 22.7 Å². The lowest BCUT2D eigenvalue weighted by molar-refractivity contribution is -0.136. The molecule has 0 aliphatic rings. The van der Waals surface area contributed by atoms with E-state index in [4.69, 9.17) is 19.1 Å². The number of carbonyl (C=O) groups is 1. The van der Waals surface area contributed by atoms with Gasteiger partial charge < -0.3 is 19.9 Å². The van der Waals surface area contributed by atoms with E-state index in [0.29, 0.717) is 39.0 Å². The molecule has 2 aromatic carbocycles. The Morgan fingerprint density at radius 1 is 1.03 bits per heavy atom. The molecule has 3 aromatic rings. The minimum absolute atomic E-state index is 0.112. The second-order valence-electron chi connectivity index (χ2n) is 8.71. The number of carboxylic acids is 1. The zero-order valence-corrected chi connectivity index (χ0v) is 23.0. The van der Waals surface area contributed by atoms with Crippen LogP contribution in [0.15, 0.2) is 54.7 Å². The third-order valence-corrected chi connectivity index (χ3v) is 5.35. The van der Waals surface area contributed by atoms with Crippen LogP contribution in [0.5, 0.6) is 5.75 Å². The molecule has 1 heterocycles. The number of carboxylic acid groups (broad SMARTS) is 1. The predicted octanol–water partition coefficient (Wildman–Crippen LogP) is 4.91. The molecular weight excluding hydrogens is 508 g/mol. The lowest BCUT2D eigenvalue weighted by Gasteiger charge is -2.15. The highest BCUT2D eigenvalue weighted by atomic mass is 32.2.